The SMILES string of the molecule is OCc1cccc2c1ccn2CC(F)F. The number of aliphatic hydroxyl groups is 1. The summed E-state index contributed by atoms with van der Waals surface area (Å²) in [4.78, 5) is 0. The molecule has 2 nitrogen and oxygen atoms in total. The van der Waals surface area contributed by atoms with Crippen molar-refractivity contribution in [2.75, 3.05) is 0 Å². The van der Waals surface area contributed by atoms with Crippen LogP contribution in [0.25, 0.3) is 10.9 Å². The minimum Gasteiger partial charge on any atom is -0.392 e. The molecule has 0 aliphatic rings. The molecule has 0 radical (unpaired) electrons. The van der Waals surface area contributed by atoms with E-state index in [0.29, 0.717) is 0 Å². The Bertz CT molecular complexity index is 465. The number of hydrogen-bond acceptors (Lipinski definition) is 1. The predicted octanol–water partition coefficient (Wildman–Crippen LogP) is 2.40. The van der Waals surface area contributed by atoms with Crippen LogP contribution in [0.15, 0.2) is 30.5 Å². The van der Waals surface area contributed by atoms with Crippen molar-refractivity contribution in [1.29, 1.82) is 0 Å². The minimum atomic E-state index is -2.36. The molecule has 0 atom stereocenters. The van der Waals surface area contributed by atoms with Crippen LogP contribution in [0, 0.1) is 0 Å². The van der Waals surface area contributed by atoms with Gasteiger partial charge in [0.05, 0.1) is 13.2 Å². The van der Waals surface area contributed by atoms with Crippen LogP contribution in [0.4, 0.5) is 8.78 Å². The summed E-state index contributed by atoms with van der Waals surface area (Å²) in [7, 11) is 0. The second-order valence-electron chi connectivity index (χ2n) is 3.37. The fourth-order valence-corrected chi connectivity index (χ4v) is 1.73. The Balaban J connectivity index is 2.51. The Morgan fingerprint density at radius 2 is 2.07 bits per heavy atom. The molecule has 80 valence electrons. The average Bonchev–Trinajstić information content (AvgIpc) is 2.61. The third kappa shape index (κ3) is 1.85. The Kier molecular flexibility index (Phi) is 2.68. The largest absolute Gasteiger partial charge is 0.392 e. The second kappa shape index (κ2) is 3.98. The van der Waals surface area contributed by atoms with Crippen molar-refractivity contribution in [3.63, 3.8) is 0 Å². The van der Waals surface area contributed by atoms with Gasteiger partial charge in [0.25, 0.3) is 6.43 Å². The first-order chi connectivity index (χ1) is 7.22. The summed E-state index contributed by atoms with van der Waals surface area (Å²) in [5, 5.41) is 9.90. The molecular formula is C11H11F2NO. The molecule has 0 fully saturated rings. The molecule has 0 aliphatic carbocycles. The number of benzene rings is 1. The van der Waals surface area contributed by atoms with Gasteiger partial charge in [-0.25, -0.2) is 8.78 Å². The van der Waals surface area contributed by atoms with Crippen molar-refractivity contribution in [1.82, 2.24) is 4.57 Å². The van der Waals surface area contributed by atoms with E-state index in [1.165, 1.54) is 4.57 Å². The van der Waals surface area contributed by atoms with E-state index < -0.39 is 6.43 Å². The lowest BCUT2D eigenvalue weighted by molar-refractivity contribution is 0.128. The molecule has 1 heterocycles. The van der Waals surface area contributed by atoms with Gasteiger partial charge in [-0.2, -0.15) is 0 Å². The van der Waals surface area contributed by atoms with Crippen molar-refractivity contribution in [2.24, 2.45) is 0 Å². The van der Waals surface area contributed by atoms with E-state index in [9.17, 15) is 8.78 Å². The first kappa shape index (κ1) is 10.1. The highest BCUT2D eigenvalue weighted by Crippen LogP contribution is 2.21. The van der Waals surface area contributed by atoms with Gasteiger partial charge in [-0.1, -0.05) is 12.1 Å². The number of alkyl halides is 2. The molecule has 0 aliphatic heterocycles. The summed E-state index contributed by atoms with van der Waals surface area (Å²) >= 11 is 0. The molecule has 0 saturated heterocycles. The lowest BCUT2D eigenvalue weighted by Crippen LogP contribution is -2.04. The number of nitrogens with zero attached hydrogens (tertiary/aromatic N) is 1. The normalized spacial score (nSPS) is 11.5. The summed E-state index contributed by atoms with van der Waals surface area (Å²) in [6.07, 6.45) is -0.742. The van der Waals surface area contributed by atoms with E-state index in [-0.39, 0.29) is 13.2 Å². The molecule has 2 aromatic rings. The van der Waals surface area contributed by atoms with E-state index in [1.54, 1.807) is 30.5 Å². The van der Waals surface area contributed by atoms with Crippen LogP contribution in [-0.2, 0) is 13.2 Å². The van der Waals surface area contributed by atoms with Crippen LogP contribution in [0.3, 0.4) is 0 Å². The first-order valence-electron chi connectivity index (χ1n) is 4.68. The highest BCUT2D eigenvalue weighted by atomic mass is 19.3. The maximum absolute atomic E-state index is 12.2. The Morgan fingerprint density at radius 1 is 1.27 bits per heavy atom. The zero-order valence-electron chi connectivity index (χ0n) is 8.03. The van der Waals surface area contributed by atoms with Gasteiger partial charge in [0, 0.05) is 17.1 Å². The fourth-order valence-electron chi connectivity index (χ4n) is 1.73. The fraction of sp³-hybridized carbons (Fsp3) is 0.273. The van der Waals surface area contributed by atoms with Gasteiger partial charge in [-0.3, -0.25) is 0 Å². The van der Waals surface area contributed by atoms with Gasteiger partial charge in [0.15, 0.2) is 0 Å². The van der Waals surface area contributed by atoms with E-state index >= 15 is 0 Å². The zero-order valence-corrected chi connectivity index (χ0v) is 8.03. The van der Waals surface area contributed by atoms with E-state index in [2.05, 4.69) is 0 Å². The van der Waals surface area contributed by atoms with Crippen LogP contribution in [0.5, 0.6) is 0 Å². The van der Waals surface area contributed by atoms with Gasteiger partial charge in [-0.15, -0.1) is 0 Å². The number of aromatic nitrogens is 1. The Morgan fingerprint density at radius 3 is 2.73 bits per heavy atom. The van der Waals surface area contributed by atoms with Gasteiger partial charge in [0.1, 0.15) is 0 Å². The molecule has 4 heteroatoms. The van der Waals surface area contributed by atoms with Gasteiger partial charge >= 0.3 is 0 Å². The number of hydrogen-bond donors (Lipinski definition) is 1. The summed E-state index contributed by atoms with van der Waals surface area (Å²) in [5.41, 5.74) is 1.50. The number of halogens is 2. The number of aliphatic hydroxyl groups excluding tert-OH is 1. The predicted molar refractivity (Wildman–Crippen MR) is 53.9 cm³/mol. The lowest BCUT2D eigenvalue weighted by Gasteiger charge is -2.05. The Labute approximate surface area is 85.8 Å². The molecular weight excluding hydrogens is 200 g/mol. The van der Waals surface area contributed by atoms with Crippen molar-refractivity contribution in [2.45, 2.75) is 19.6 Å². The molecule has 0 saturated carbocycles. The molecule has 15 heavy (non-hydrogen) atoms. The van der Waals surface area contributed by atoms with E-state index in [4.69, 9.17) is 5.11 Å². The third-order valence-corrected chi connectivity index (χ3v) is 2.41. The van der Waals surface area contributed by atoms with Crippen molar-refractivity contribution in [3.8, 4) is 0 Å². The summed E-state index contributed by atoms with van der Waals surface area (Å²) < 4.78 is 26.0. The number of fused-ring (bicyclic) bond motifs is 1. The van der Waals surface area contributed by atoms with Crippen LogP contribution < -0.4 is 0 Å². The molecule has 0 bridgehead atoms. The van der Waals surface area contributed by atoms with Crippen molar-refractivity contribution < 1.29 is 13.9 Å². The topological polar surface area (TPSA) is 25.2 Å². The third-order valence-electron chi connectivity index (χ3n) is 2.41. The monoisotopic (exact) mass is 211 g/mol. The smallest absolute Gasteiger partial charge is 0.256 e. The van der Waals surface area contributed by atoms with Gasteiger partial charge < -0.3 is 9.67 Å². The molecule has 2 rings (SSSR count). The minimum absolute atomic E-state index is 0.0734. The summed E-state index contributed by atoms with van der Waals surface area (Å²) in [5.74, 6) is 0. The molecule has 1 N–H and O–H groups in total. The molecule has 0 amide bonds. The maximum Gasteiger partial charge on any atom is 0.256 e. The van der Waals surface area contributed by atoms with Crippen LogP contribution >= 0.6 is 0 Å². The standard InChI is InChI=1S/C11H11F2NO/c12-11(13)6-14-5-4-9-8(7-15)2-1-3-10(9)14/h1-5,11,15H,6-7H2. The molecule has 0 unspecified atom stereocenters. The molecule has 1 aromatic heterocycles. The highest BCUT2D eigenvalue weighted by Gasteiger charge is 2.08. The van der Waals surface area contributed by atoms with E-state index in [1.807, 2.05) is 0 Å². The van der Waals surface area contributed by atoms with Gasteiger partial charge in [0.2, 0.25) is 0 Å². The quantitative estimate of drug-likeness (QED) is 0.828. The first-order valence-corrected chi connectivity index (χ1v) is 4.68. The van der Waals surface area contributed by atoms with Crippen molar-refractivity contribution >= 4 is 10.9 Å². The Hall–Kier alpha value is -1.42. The van der Waals surface area contributed by atoms with Crippen molar-refractivity contribution in [3.05, 3.63) is 36.0 Å². The summed E-state index contributed by atoms with van der Waals surface area (Å²) in [6, 6.07) is 7.07. The van der Waals surface area contributed by atoms with Crippen LogP contribution in [0.2, 0.25) is 0 Å². The molecule has 0 spiro atoms. The second-order valence-corrected chi connectivity index (χ2v) is 3.37. The maximum atomic E-state index is 12.2. The average molecular weight is 211 g/mol. The number of rotatable bonds is 3. The van der Waals surface area contributed by atoms with Crippen LogP contribution in [0.1, 0.15) is 5.56 Å². The molecule has 1 aromatic carbocycles. The van der Waals surface area contributed by atoms with Crippen LogP contribution in [-0.4, -0.2) is 16.1 Å². The lowest BCUT2D eigenvalue weighted by atomic mass is 10.1. The zero-order chi connectivity index (χ0) is 10.8. The van der Waals surface area contributed by atoms with E-state index in [0.717, 1.165) is 16.5 Å². The highest BCUT2D eigenvalue weighted by molar-refractivity contribution is 5.83. The van der Waals surface area contributed by atoms with Gasteiger partial charge in [-0.05, 0) is 17.7 Å². The summed E-state index contributed by atoms with van der Waals surface area (Å²) in [6.45, 7) is -0.381.